The first kappa shape index (κ1) is 44.0. The second-order valence-corrected chi connectivity index (χ2v) is 19.2. The molecule has 6 aromatic rings. The van der Waals surface area contributed by atoms with Crippen LogP contribution < -0.4 is 20.7 Å². The molecule has 1 aliphatic rings. The highest BCUT2D eigenvalue weighted by atomic mass is 35.5. The van der Waals surface area contributed by atoms with Gasteiger partial charge in [0, 0.05) is 48.8 Å². The minimum atomic E-state index is -4.07. The number of anilines is 1. The van der Waals surface area contributed by atoms with Gasteiger partial charge in [-0.3, -0.25) is 23.9 Å². The third-order valence-corrected chi connectivity index (χ3v) is 13.3. The molecule has 6 N–H and O–H groups in total. The van der Waals surface area contributed by atoms with Crippen molar-refractivity contribution in [2.45, 2.75) is 70.3 Å². The summed E-state index contributed by atoms with van der Waals surface area (Å²) < 4.78 is 29.2. The van der Waals surface area contributed by atoms with E-state index in [0.717, 1.165) is 21.7 Å². The largest absolute Gasteiger partial charge is 0.391 e. The molecule has 0 saturated carbocycles. The van der Waals surface area contributed by atoms with E-state index >= 15 is 0 Å². The number of hydrogen-bond acceptors (Lipinski definition) is 9. The van der Waals surface area contributed by atoms with Crippen LogP contribution in [-0.4, -0.2) is 76.8 Å². The predicted octanol–water partition coefficient (Wildman–Crippen LogP) is 6.41. The molecule has 1 saturated heterocycles. The number of H-pyrrole nitrogens is 1. The molecule has 4 amide bonds. The highest BCUT2D eigenvalue weighted by molar-refractivity contribution is 7.92. The van der Waals surface area contributed by atoms with Crippen molar-refractivity contribution in [3.63, 3.8) is 0 Å². The van der Waals surface area contributed by atoms with Gasteiger partial charge in [0.15, 0.2) is 0 Å². The Morgan fingerprint density at radius 3 is 2.27 bits per heavy atom. The number of β-amino-alcohol motifs (C(OH)–C–C–N with tert-alkyl or cyclic N) is 1. The van der Waals surface area contributed by atoms with Gasteiger partial charge in [0.1, 0.15) is 12.1 Å². The summed E-state index contributed by atoms with van der Waals surface area (Å²) >= 11 is 7.75. The lowest BCUT2D eigenvalue weighted by Gasteiger charge is -2.35. The second kappa shape index (κ2) is 18.1. The van der Waals surface area contributed by atoms with Crippen LogP contribution in [0, 0.1) is 12.3 Å². The molecule has 322 valence electrons. The Bertz CT molecular complexity index is 2750. The average molecular weight is 896 g/mol. The Kier molecular flexibility index (Phi) is 12.9. The van der Waals surface area contributed by atoms with Crippen LogP contribution in [0.5, 0.6) is 0 Å². The number of hydrogen-bond donors (Lipinski definition) is 6. The van der Waals surface area contributed by atoms with Crippen molar-refractivity contribution in [3.05, 3.63) is 136 Å². The summed E-state index contributed by atoms with van der Waals surface area (Å²) in [7, 11) is -4.07. The van der Waals surface area contributed by atoms with E-state index in [9.17, 15) is 32.7 Å². The topological polar surface area (TPSA) is 203 Å². The first-order valence-electron chi connectivity index (χ1n) is 19.8. The molecule has 0 radical (unpaired) electrons. The smallest absolute Gasteiger partial charge is 0.261 e. The lowest BCUT2D eigenvalue weighted by molar-refractivity contribution is -0.142. The Morgan fingerprint density at radius 1 is 0.919 bits per heavy atom. The number of sulfonamides is 1. The van der Waals surface area contributed by atoms with Crippen LogP contribution in [0.1, 0.15) is 64.7 Å². The van der Waals surface area contributed by atoms with Crippen molar-refractivity contribution in [1.29, 1.82) is 0 Å². The van der Waals surface area contributed by atoms with Crippen LogP contribution in [0.3, 0.4) is 0 Å². The third kappa shape index (κ3) is 9.84. The van der Waals surface area contributed by atoms with Crippen molar-refractivity contribution in [1.82, 2.24) is 30.8 Å². The summed E-state index contributed by atoms with van der Waals surface area (Å²) in [5, 5.41) is 20.3. The quantitative estimate of drug-likeness (QED) is 0.0764. The summed E-state index contributed by atoms with van der Waals surface area (Å²) in [5.41, 5.74) is 5.76. The summed E-state index contributed by atoms with van der Waals surface area (Å²) in [5.74, 6) is -1.92. The van der Waals surface area contributed by atoms with Gasteiger partial charge in [-0.25, -0.2) is 13.4 Å². The number of aliphatic hydroxyl groups is 1. The second-order valence-electron chi connectivity index (χ2n) is 16.2. The Labute approximate surface area is 368 Å². The molecule has 3 atom stereocenters. The fourth-order valence-corrected chi connectivity index (χ4v) is 9.41. The van der Waals surface area contributed by atoms with Crippen molar-refractivity contribution < 1.29 is 32.7 Å². The van der Waals surface area contributed by atoms with Crippen molar-refractivity contribution in [3.8, 4) is 10.4 Å². The van der Waals surface area contributed by atoms with Crippen LogP contribution in [0.15, 0.2) is 108 Å². The minimum absolute atomic E-state index is 0.0552. The van der Waals surface area contributed by atoms with E-state index in [1.165, 1.54) is 29.2 Å². The maximum absolute atomic E-state index is 14.1. The normalized spacial score (nSPS) is 15.9. The fourth-order valence-electron chi connectivity index (χ4n) is 7.27. The number of nitrogens with one attached hydrogen (secondary N) is 5. The van der Waals surface area contributed by atoms with Gasteiger partial charge in [0.05, 0.1) is 43.3 Å². The summed E-state index contributed by atoms with van der Waals surface area (Å²) in [6, 6.07) is 23.0. The Morgan fingerprint density at radius 2 is 1.60 bits per heavy atom. The zero-order chi connectivity index (χ0) is 44.3. The Balaban J connectivity index is 0.945. The van der Waals surface area contributed by atoms with Gasteiger partial charge >= 0.3 is 0 Å². The van der Waals surface area contributed by atoms with Gasteiger partial charge in [-0.15, -0.1) is 11.3 Å². The molecule has 0 bridgehead atoms. The number of aliphatic hydroxyl groups excluding tert-OH is 1. The standard InChI is InChI=1S/C45H46ClN7O7S2/c1-26-39(61-25-50-26)29-15-11-27(12-16-29)22-49-43(57)37-20-32(54)24-53(37)44(58)40(45(2,3)4)51-42(56)30-17-13-28(14-18-30)21-48-41(55)31-7-5-8-33(19-31)62(59,60)52-36-10-6-9-34-35(46)23-47-38(34)36/h5-19,23,25,32,37,40,47,52,54H,20-22,24H2,1-4H3,(H,48,55)(H,49,57)(H,51,56)/t32-,37+,40-/m1/s1. The molecule has 62 heavy (non-hydrogen) atoms. The number of rotatable bonds is 13. The first-order valence-corrected chi connectivity index (χ1v) is 22.5. The zero-order valence-corrected chi connectivity index (χ0v) is 36.7. The predicted molar refractivity (Wildman–Crippen MR) is 239 cm³/mol. The molecule has 1 aliphatic heterocycles. The molecule has 4 aromatic carbocycles. The fraction of sp³-hybridized carbons (Fsp3) is 0.267. The number of nitrogens with zero attached hydrogens (tertiary/aromatic N) is 2. The van der Waals surface area contributed by atoms with E-state index in [2.05, 4.69) is 30.6 Å². The minimum Gasteiger partial charge on any atom is -0.391 e. The maximum Gasteiger partial charge on any atom is 0.261 e. The van der Waals surface area contributed by atoms with Gasteiger partial charge < -0.3 is 30.9 Å². The lowest BCUT2D eigenvalue weighted by atomic mass is 9.85. The highest BCUT2D eigenvalue weighted by Crippen LogP contribution is 2.31. The number of carbonyl (C=O) groups excluding carboxylic acids is 4. The van der Waals surface area contributed by atoms with Crippen LogP contribution in [0.2, 0.25) is 5.02 Å². The average Bonchev–Trinajstić information content (AvgIpc) is 3.98. The number of aromatic nitrogens is 2. The molecule has 2 aromatic heterocycles. The molecule has 3 heterocycles. The number of para-hydroxylation sites is 1. The highest BCUT2D eigenvalue weighted by Gasteiger charge is 2.44. The maximum atomic E-state index is 14.1. The summed E-state index contributed by atoms with van der Waals surface area (Å²) in [6.07, 6.45) is 0.720. The van der Waals surface area contributed by atoms with Gasteiger partial charge in [0.25, 0.3) is 21.8 Å². The molecular weight excluding hydrogens is 850 g/mol. The van der Waals surface area contributed by atoms with Crippen LogP contribution in [0.4, 0.5) is 5.69 Å². The summed E-state index contributed by atoms with van der Waals surface area (Å²) in [6.45, 7) is 7.63. The number of aromatic amines is 1. The number of aryl methyl sites for hydroxylation is 1. The molecule has 7 rings (SSSR count). The van der Waals surface area contributed by atoms with Crippen molar-refractivity contribution in [2.75, 3.05) is 11.3 Å². The van der Waals surface area contributed by atoms with Gasteiger partial charge in [-0.05, 0) is 65.4 Å². The van der Waals surface area contributed by atoms with Crippen LogP contribution in [0.25, 0.3) is 21.3 Å². The molecule has 17 heteroatoms. The van der Waals surface area contributed by atoms with Gasteiger partial charge in [-0.2, -0.15) is 0 Å². The van der Waals surface area contributed by atoms with E-state index in [-0.39, 0.29) is 42.1 Å². The summed E-state index contributed by atoms with van der Waals surface area (Å²) in [4.78, 5) is 63.9. The van der Waals surface area contributed by atoms with E-state index in [4.69, 9.17) is 11.6 Å². The number of fused-ring (bicyclic) bond motifs is 1. The van der Waals surface area contributed by atoms with Gasteiger partial charge in [-0.1, -0.05) is 87.0 Å². The molecule has 0 unspecified atom stereocenters. The van der Waals surface area contributed by atoms with Crippen molar-refractivity contribution >= 4 is 73.2 Å². The van der Waals surface area contributed by atoms with E-state index < -0.39 is 57.3 Å². The monoisotopic (exact) mass is 895 g/mol. The first-order chi connectivity index (χ1) is 29.5. The lowest BCUT2D eigenvalue weighted by Crippen LogP contribution is -2.57. The van der Waals surface area contributed by atoms with E-state index in [1.807, 2.05) is 52.0 Å². The third-order valence-electron chi connectivity index (χ3n) is 10.7. The van der Waals surface area contributed by atoms with E-state index in [0.29, 0.717) is 27.2 Å². The number of carbonyl (C=O) groups is 4. The molecule has 0 aliphatic carbocycles. The SMILES string of the molecule is Cc1ncsc1-c1ccc(CNC(=O)[C@@H]2C[C@@H](O)CN2C(=O)[C@@H](NC(=O)c2ccc(CNC(=O)c3cccc(S(=O)(=O)Nc4cccc5c(Cl)c[nH]c45)c3)cc2)C(C)(C)C)cc1. The molecule has 14 nitrogen and oxygen atoms in total. The number of amides is 4. The number of likely N-dealkylation sites (tertiary alicyclic amines) is 1. The number of halogens is 1. The van der Waals surface area contributed by atoms with Gasteiger partial charge in [0.2, 0.25) is 11.8 Å². The zero-order valence-electron chi connectivity index (χ0n) is 34.4. The van der Waals surface area contributed by atoms with Crippen LogP contribution in [-0.2, 0) is 32.7 Å². The molecule has 0 spiro atoms. The van der Waals surface area contributed by atoms with E-state index in [1.54, 1.807) is 65.5 Å². The number of benzene rings is 4. The van der Waals surface area contributed by atoms with Crippen molar-refractivity contribution in [2.24, 2.45) is 5.41 Å². The Hall–Kier alpha value is -6.07. The molecular formula is C45H46ClN7O7S2. The van der Waals surface area contributed by atoms with Crippen LogP contribution >= 0.6 is 22.9 Å². The number of thiazole rings is 1. The molecule has 1 fully saturated rings.